The fourth-order valence-corrected chi connectivity index (χ4v) is 3.12. The van der Waals surface area contributed by atoms with Gasteiger partial charge in [-0.2, -0.15) is 5.10 Å². The first-order chi connectivity index (χ1) is 9.04. The van der Waals surface area contributed by atoms with E-state index in [9.17, 15) is 0 Å². The summed E-state index contributed by atoms with van der Waals surface area (Å²) in [6, 6.07) is 0.712. The van der Waals surface area contributed by atoms with E-state index in [-0.39, 0.29) is 0 Å². The molecule has 0 aliphatic carbocycles. The van der Waals surface area contributed by atoms with E-state index in [0.29, 0.717) is 12.6 Å². The summed E-state index contributed by atoms with van der Waals surface area (Å²) in [5, 5.41) is 4.57. The number of rotatable bonds is 4. The number of anilines is 1. The van der Waals surface area contributed by atoms with Crippen molar-refractivity contribution >= 4 is 5.82 Å². The molecular weight excluding hydrogens is 238 g/mol. The lowest BCUT2D eigenvalue weighted by Gasteiger charge is -2.36. The van der Waals surface area contributed by atoms with Gasteiger partial charge in [0.05, 0.1) is 5.69 Å². The molecule has 2 N–H and O–H groups in total. The Hall–Kier alpha value is -1.07. The normalized spacial score (nSPS) is 17.5. The Bertz CT molecular complexity index is 416. The molecule has 19 heavy (non-hydrogen) atoms. The van der Waals surface area contributed by atoms with Crippen LogP contribution in [-0.2, 0) is 13.5 Å². The SMILES string of the molecule is Cc1nn(C)c(N2CCC(N(C)C)CC2)c1CCN. The van der Waals surface area contributed by atoms with E-state index in [1.165, 1.54) is 24.2 Å². The Kier molecular flexibility index (Phi) is 4.47. The van der Waals surface area contributed by atoms with E-state index in [4.69, 9.17) is 5.73 Å². The Morgan fingerprint density at radius 2 is 1.95 bits per heavy atom. The molecule has 0 bridgehead atoms. The monoisotopic (exact) mass is 265 g/mol. The first-order valence-corrected chi connectivity index (χ1v) is 7.18. The third-order valence-corrected chi connectivity index (χ3v) is 4.20. The quantitative estimate of drug-likeness (QED) is 0.873. The number of aromatic nitrogens is 2. The van der Waals surface area contributed by atoms with Gasteiger partial charge in [0.15, 0.2) is 0 Å². The number of hydrogen-bond acceptors (Lipinski definition) is 4. The van der Waals surface area contributed by atoms with Crippen LogP contribution in [0.4, 0.5) is 5.82 Å². The number of hydrogen-bond donors (Lipinski definition) is 1. The summed E-state index contributed by atoms with van der Waals surface area (Å²) in [5.41, 5.74) is 8.19. The first-order valence-electron chi connectivity index (χ1n) is 7.18. The number of nitrogens with zero attached hydrogens (tertiary/aromatic N) is 4. The standard InChI is InChI=1S/C14H27N5/c1-11-13(5-8-15)14(18(4)16-11)19-9-6-12(7-10-19)17(2)3/h12H,5-10,15H2,1-4H3. The van der Waals surface area contributed by atoms with Crippen LogP contribution >= 0.6 is 0 Å². The van der Waals surface area contributed by atoms with E-state index >= 15 is 0 Å². The number of piperidine rings is 1. The van der Waals surface area contributed by atoms with Gasteiger partial charge in [0.25, 0.3) is 0 Å². The minimum absolute atomic E-state index is 0.688. The van der Waals surface area contributed by atoms with Gasteiger partial charge < -0.3 is 15.5 Å². The molecule has 5 heteroatoms. The zero-order chi connectivity index (χ0) is 14.0. The maximum absolute atomic E-state index is 5.74. The highest BCUT2D eigenvalue weighted by Gasteiger charge is 2.25. The van der Waals surface area contributed by atoms with Crippen molar-refractivity contribution in [2.24, 2.45) is 12.8 Å². The molecule has 1 aromatic rings. The van der Waals surface area contributed by atoms with E-state index in [0.717, 1.165) is 25.2 Å². The van der Waals surface area contributed by atoms with Crippen LogP contribution in [0.15, 0.2) is 0 Å². The Morgan fingerprint density at radius 1 is 1.32 bits per heavy atom. The molecule has 0 radical (unpaired) electrons. The van der Waals surface area contributed by atoms with Crippen LogP contribution in [0.25, 0.3) is 0 Å². The predicted octanol–water partition coefficient (Wildman–Crippen LogP) is 0.760. The molecule has 5 nitrogen and oxygen atoms in total. The lowest BCUT2D eigenvalue weighted by atomic mass is 10.0. The van der Waals surface area contributed by atoms with Crippen LogP contribution in [-0.4, -0.2) is 54.5 Å². The van der Waals surface area contributed by atoms with Crippen molar-refractivity contribution in [1.82, 2.24) is 14.7 Å². The average Bonchev–Trinajstić information content (AvgIpc) is 2.65. The molecule has 1 aliphatic heterocycles. The maximum Gasteiger partial charge on any atom is 0.130 e. The second-order valence-electron chi connectivity index (χ2n) is 5.73. The topological polar surface area (TPSA) is 50.3 Å². The van der Waals surface area contributed by atoms with Gasteiger partial charge in [0.1, 0.15) is 5.82 Å². The highest BCUT2D eigenvalue weighted by molar-refractivity contribution is 5.50. The largest absolute Gasteiger partial charge is 0.356 e. The highest BCUT2D eigenvalue weighted by Crippen LogP contribution is 2.27. The summed E-state index contributed by atoms with van der Waals surface area (Å²) in [7, 11) is 6.39. The predicted molar refractivity (Wildman–Crippen MR) is 79.6 cm³/mol. The minimum atomic E-state index is 0.688. The molecule has 1 saturated heterocycles. The molecule has 0 spiro atoms. The van der Waals surface area contributed by atoms with E-state index < -0.39 is 0 Å². The van der Waals surface area contributed by atoms with Crippen LogP contribution in [0.5, 0.6) is 0 Å². The van der Waals surface area contributed by atoms with Crippen LogP contribution in [0, 0.1) is 6.92 Å². The van der Waals surface area contributed by atoms with Crippen molar-refractivity contribution in [3.63, 3.8) is 0 Å². The summed E-state index contributed by atoms with van der Waals surface area (Å²) < 4.78 is 2.02. The molecule has 0 saturated carbocycles. The fraction of sp³-hybridized carbons (Fsp3) is 0.786. The summed E-state index contributed by atoms with van der Waals surface area (Å²) in [6.45, 7) is 4.99. The van der Waals surface area contributed by atoms with E-state index in [2.05, 4.69) is 35.9 Å². The zero-order valence-corrected chi connectivity index (χ0v) is 12.7. The lowest BCUT2D eigenvalue weighted by molar-refractivity contribution is 0.249. The highest BCUT2D eigenvalue weighted by atomic mass is 15.4. The number of nitrogens with two attached hydrogens (primary N) is 1. The van der Waals surface area contributed by atoms with Gasteiger partial charge in [0, 0.05) is 31.7 Å². The molecule has 1 fully saturated rings. The third kappa shape index (κ3) is 2.92. The van der Waals surface area contributed by atoms with Gasteiger partial charge in [0.2, 0.25) is 0 Å². The van der Waals surface area contributed by atoms with Crippen molar-refractivity contribution in [1.29, 1.82) is 0 Å². The van der Waals surface area contributed by atoms with Crippen molar-refractivity contribution < 1.29 is 0 Å². The maximum atomic E-state index is 5.74. The van der Waals surface area contributed by atoms with Crippen molar-refractivity contribution in [3.8, 4) is 0 Å². The van der Waals surface area contributed by atoms with Crippen LogP contribution < -0.4 is 10.6 Å². The van der Waals surface area contributed by atoms with Gasteiger partial charge >= 0.3 is 0 Å². The molecule has 2 heterocycles. The summed E-state index contributed by atoms with van der Waals surface area (Å²) in [4.78, 5) is 4.82. The Labute approximate surface area is 116 Å². The number of aryl methyl sites for hydroxylation is 2. The van der Waals surface area contributed by atoms with Crippen LogP contribution in [0.3, 0.4) is 0 Å². The van der Waals surface area contributed by atoms with Crippen LogP contribution in [0.2, 0.25) is 0 Å². The summed E-state index contributed by atoms with van der Waals surface area (Å²) >= 11 is 0. The van der Waals surface area contributed by atoms with Crippen molar-refractivity contribution in [2.45, 2.75) is 32.2 Å². The first kappa shape index (κ1) is 14.3. The summed E-state index contributed by atoms with van der Waals surface area (Å²) in [6.07, 6.45) is 3.36. The molecular formula is C14H27N5. The Balaban J connectivity index is 2.15. The molecule has 0 aromatic carbocycles. The van der Waals surface area contributed by atoms with Gasteiger partial charge in [-0.3, -0.25) is 4.68 Å². The van der Waals surface area contributed by atoms with Gasteiger partial charge in [-0.05, 0) is 46.8 Å². The van der Waals surface area contributed by atoms with Crippen LogP contribution in [0.1, 0.15) is 24.1 Å². The third-order valence-electron chi connectivity index (χ3n) is 4.20. The van der Waals surface area contributed by atoms with Crippen molar-refractivity contribution in [2.75, 3.05) is 38.6 Å². The molecule has 0 unspecified atom stereocenters. The molecule has 0 amide bonds. The van der Waals surface area contributed by atoms with Crippen molar-refractivity contribution in [3.05, 3.63) is 11.3 Å². The molecule has 108 valence electrons. The Morgan fingerprint density at radius 3 is 2.47 bits per heavy atom. The zero-order valence-electron chi connectivity index (χ0n) is 12.7. The lowest BCUT2D eigenvalue weighted by Crippen LogP contribution is -2.42. The van der Waals surface area contributed by atoms with Gasteiger partial charge in [-0.15, -0.1) is 0 Å². The van der Waals surface area contributed by atoms with Gasteiger partial charge in [-0.1, -0.05) is 0 Å². The van der Waals surface area contributed by atoms with E-state index in [1.54, 1.807) is 0 Å². The molecule has 0 atom stereocenters. The smallest absolute Gasteiger partial charge is 0.130 e. The molecule has 1 aliphatic rings. The summed E-state index contributed by atoms with van der Waals surface area (Å²) in [5.74, 6) is 1.28. The minimum Gasteiger partial charge on any atom is -0.356 e. The second kappa shape index (κ2) is 5.92. The molecule has 2 rings (SSSR count). The molecule has 1 aromatic heterocycles. The second-order valence-corrected chi connectivity index (χ2v) is 5.73. The average molecular weight is 265 g/mol. The fourth-order valence-electron chi connectivity index (χ4n) is 3.12. The van der Waals surface area contributed by atoms with Gasteiger partial charge in [-0.25, -0.2) is 0 Å². The van der Waals surface area contributed by atoms with E-state index in [1.807, 2.05) is 11.7 Å².